The lowest BCUT2D eigenvalue weighted by Crippen LogP contribution is -2.28. The number of hydrogen-bond acceptors (Lipinski definition) is 3. The maximum absolute atomic E-state index is 10.3. The molecular weight excluding hydrogens is 393 g/mol. The Labute approximate surface area is 171 Å². The van der Waals surface area contributed by atoms with Crippen LogP contribution in [-0.2, 0) is 21.9 Å². The van der Waals surface area contributed by atoms with Gasteiger partial charge in [-0.05, 0) is 73.5 Å². The van der Waals surface area contributed by atoms with E-state index in [9.17, 15) is 5.11 Å². The normalized spacial score (nSPS) is 28.4. The molecular formula is C21H35O3P3. The van der Waals surface area contributed by atoms with Crippen molar-refractivity contribution in [2.75, 3.05) is 0 Å². The van der Waals surface area contributed by atoms with Gasteiger partial charge in [0.2, 0.25) is 0 Å². The summed E-state index contributed by atoms with van der Waals surface area (Å²) in [5.41, 5.74) is 2.52. The monoisotopic (exact) mass is 428 g/mol. The SMILES string of the molecule is CCCCC[C@@H](CC[C@@H]1[C@H]2Cc3cccc(O)c3C[C@H]2C[C@H]1OPP)OP. The van der Waals surface area contributed by atoms with E-state index in [0.29, 0.717) is 44.2 Å². The van der Waals surface area contributed by atoms with E-state index >= 15 is 0 Å². The molecule has 0 spiro atoms. The van der Waals surface area contributed by atoms with Crippen LogP contribution in [0.5, 0.6) is 5.75 Å². The number of hydrogen-bond donors (Lipinski definition) is 1. The van der Waals surface area contributed by atoms with Crippen molar-refractivity contribution < 1.29 is 14.2 Å². The van der Waals surface area contributed by atoms with E-state index in [4.69, 9.17) is 9.05 Å². The summed E-state index contributed by atoms with van der Waals surface area (Å²) in [5.74, 6) is 2.39. The minimum absolute atomic E-state index is 0.347. The Kier molecular flexibility index (Phi) is 8.81. The van der Waals surface area contributed by atoms with Crippen LogP contribution in [0.2, 0.25) is 0 Å². The van der Waals surface area contributed by atoms with Gasteiger partial charge in [-0.15, -0.1) is 0 Å². The zero-order chi connectivity index (χ0) is 19.2. The highest BCUT2D eigenvalue weighted by Gasteiger charge is 2.46. The van der Waals surface area contributed by atoms with Gasteiger partial charge in [0.25, 0.3) is 0 Å². The summed E-state index contributed by atoms with van der Waals surface area (Å²) >= 11 is 0. The van der Waals surface area contributed by atoms with Gasteiger partial charge in [0.15, 0.2) is 0 Å². The second-order valence-corrected chi connectivity index (χ2v) is 9.70. The lowest BCUT2D eigenvalue weighted by Gasteiger charge is -2.32. The topological polar surface area (TPSA) is 38.7 Å². The maximum atomic E-state index is 10.3. The van der Waals surface area contributed by atoms with Gasteiger partial charge >= 0.3 is 0 Å². The number of unbranched alkanes of at least 4 members (excludes halogenated alkanes) is 2. The summed E-state index contributed by atoms with van der Waals surface area (Å²) in [5, 5.41) is 10.3. The van der Waals surface area contributed by atoms with Gasteiger partial charge in [-0.3, -0.25) is 0 Å². The van der Waals surface area contributed by atoms with Crippen LogP contribution in [0.4, 0.5) is 0 Å². The number of rotatable bonds is 10. The van der Waals surface area contributed by atoms with Gasteiger partial charge in [0, 0.05) is 18.0 Å². The van der Waals surface area contributed by atoms with Gasteiger partial charge in [-0.25, -0.2) is 0 Å². The highest BCUT2D eigenvalue weighted by Crippen LogP contribution is 2.51. The fourth-order valence-electron chi connectivity index (χ4n) is 5.29. The Bertz CT molecular complexity index is 598. The molecule has 6 heteroatoms. The summed E-state index contributed by atoms with van der Waals surface area (Å²) in [7, 11) is 5.70. The van der Waals surface area contributed by atoms with Crippen molar-refractivity contribution in [1.82, 2.24) is 0 Å². The average Bonchev–Trinajstić information content (AvgIpc) is 3.00. The van der Waals surface area contributed by atoms with Crippen molar-refractivity contribution in [3.63, 3.8) is 0 Å². The molecule has 0 amide bonds. The predicted molar refractivity (Wildman–Crippen MR) is 121 cm³/mol. The summed E-state index contributed by atoms with van der Waals surface area (Å²) in [6.45, 7) is 2.25. The van der Waals surface area contributed by atoms with E-state index in [2.05, 4.69) is 31.4 Å². The third-order valence-corrected chi connectivity index (χ3v) is 7.93. The standard InChI is InChI=1S/C21H35O3P3/c1-2-3-4-7-16(23-25)9-10-17-18-11-14-6-5-8-20(22)19(14)12-15(18)13-21(17)24-27-26/h5-6,8,15-18,21-22,27H,2-4,7,9-13,25-26H2,1H3/t15-,16-,17+,18-,21+/m0/s1. The first kappa shape index (κ1) is 21.9. The summed E-state index contributed by atoms with van der Waals surface area (Å²) < 4.78 is 11.9. The molecule has 2 aliphatic rings. The van der Waals surface area contributed by atoms with Crippen molar-refractivity contribution >= 4 is 26.9 Å². The smallest absolute Gasteiger partial charge is 0.119 e. The minimum Gasteiger partial charge on any atom is -0.508 e. The fourth-order valence-corrected chi connectivity index (χ4v) is 6.54. The highest BCUT2D eigenvalue weighted by molar-refractivity contribution is 8.00. The molecule has 1 aromatic rings. The molecule has 3 unspecified atom stereocenters. The molecule has 0 heterocycles. The lowest BCUT2D eigenvalue weighted by atomic mass is 9.73. The number of phenols is 1. The largest absolute Gasteiger partial charge is 0.508 e. The fraction of sp³-hybridized carbons (Fsp3) is 0.714. The van der Waals surface area contributed by atoms with Crippen LogP contribution < -0.4 is 0 Å². The third kappa shape index (κ3) is 5.43. The molecule has 3 nitrogen and oxygen atoms in total. The van der Waals surface area contributed by atoms with E-state index in [1.54, 1.807) is 0 Å². The number of benzene rings is 1. The molecule has 3 rings (SSSR count). The van der Waals surface area contributed by atoms with Crippen LogP contribution >= 0.6 is 26.9 Å². The number of aromatic hydroxyl groups is 1. The Morgan fingerprint density at radius 1 is 1.26 bits per heavy atom. The molecule has 0 aromatic heterocycles. The lowest BCUT2D eigenvalue weighted by molar-refractivity contribution is 0.130. The quantitative estimate of drug-likeness (QED) is 0.364. The zero-order valence-corrected chi connectivity index (χ0v) is 19.7. The third-order valence-electron chi connectivity index (χ3n) is 6.70. The molecule has 0 saturated heterocycles. The molecule has 2 aliphatic carbocycles. The molecule has 1 fully saturated rings. The van der Waals surface area contributed by atoms with Crippen LogP contribution in [-0.4, -0.2) is 17.3 Å². The van der Waals surface area contributed by atoms with Crippen LogP contribution in [0.25, 0.3) is 0 Å². The van der Waals surface area contributed by atoms with Gasteiger partial charge in [0.05, 0.1) is 12.2 Å². The average molecular weight is 428 g/mol. The van der Waals surface area contributed by atoms with Crippen LogP contribution in [0.1, 0.15) is 63.0 Å². The van der Waals surface area contributed by atoms with E-state index in [0.717, 1.165) is 32.1 Å². The molecule has 8 atom stereocenters. The van der Waals surface area contributed by atoms with E-state index in [1.165, 1.54) is 36.8 Å². The maximum Gasteiger partial charge on any atom is 0.119 e. The van der Waals surface area contributed by atoms with Crippen molar-refractivity contribution in [1.29, 1.82) is 0 Å². The van der Waals surface area contributed by atoms with Crippen LogP contribution in [0, 0.1) is 17.8 Å². The van der Waals surface area contributed by atoms with Gasteiger partial charge < -0.3 is 14.2 Å². The van der Waals surface area contributed by atoms with Crippen LogP contribution in [0.15, 0.2) is 18.2 Å². The van der Waals surface area contributed by atoms with E-state index < -0.39 is 0 Å². The van der Waals surface area contributed by atoms with E-state index in [-0.39, 0.29) is 0 Å². The summed E-state index contributed by atoms with van der Waals surface area (Å²) in [6, 6.07) is 6.02. The molecule has 1 aromatic carbocycles. The molecule has 0 bridgehead atoms. The number of fused-ring (bicyclic) bond motifs is 2. The van der Waals surface area contributed by atoms with Gasteiger partial charge in [-0.2, -0.15) is 0 Å². The Morgan fingerprint density at radius 2 is 2.11 bits per heavy atom. The van der Waals surface area contributed by atoms with Crippen molar-refractivity contribution in [2.45, 2.75) is 76.9 Å². The van der Waals surface area contributed by atoms with Crippen molar-refractivity contribution in [3.8, 4) is 5.75 Å². The van der Waals surface area contributed by atoms with Crippen molar-refractivity contribution in [3.05, 3.63) is 29.3 Å². The molecule has 152 valence electrons. The molecule has 0 radical (unpaired) electrons. The Morgan fingerprint density at radius 3 is 2.85 bits per heavy atom. The molecule has 0 aliphatic heterocycles. The highest BCUT2D eigenvalue weighted by atomic mass is 32.0. The predicted octanol–water partition coefficient (Wildman–Crippen LogP) is 6.05. The Balaban J connectivity index is 1.66. The molecule has 1 N–H and O–H groups in total. The van der Waals surface area contributed by atoms with E-state index in [1.807, 2.05) is 12.1 Å². The number of phenolic OH excluding ortho intramolecular Hbond substituents is 1. The zero-order valence-electron chi connectivity index (χ0n) is 16.4. The first-order valence-corrected chi connectivity index (χ1v) is 13.6. The summed E-state index contributed by atoms with van der Waals surface area (Å²) in [4.78, 5) is 0. The van der Waals surface area contributed by atoms with Gasteiger partial charge in [-0.1, -0.05) is 47.2 Å². The first-order valence-electron chi connectivity index (χ1n) is 10.4. The van der Waals surface area contributed by atoms with Crippen LogP contribution in [0.3, 0.4) is 0 Å². The molecule has 27 heavy (non-hydrogen) atoms. The molecule has 1 saturated carbocycles. The van der Waals surface area contributed by atoms with Gasteiger partial charge in [0.1, 0.15) is 5.75 Å². The van der Waals surface area contributed by atoms with Crippen molar-refractivity contribution in [2.24, 2.45) is 17.8 Å². The second-order valence-electron chi connectivity index (χ2n) is 8.25. The summed E-state index contributed by atoms with van der Waals surface area (Å²) in [6.07, 6.45) is 11.2. The Hall–Kier alpha value is 0.230. The second kappa shape index (κ2) is 10.8. The minimum atomic E-state index is 0.347. The first-order chi connectivity index (χ1) is 13.2.